The van der Waals surface area contributed by atoms with Crippen LogP contribution in [-0.2, 0) is 14.3 Å². The van der Waals surface area contributed by atoms with Gasteiger partial charge in [-0.15, -0.1) is 0 Å². The molecule has 1 aromatic carbocycles. The lowest BCUT2D eigenvalue weighted by Crippen LogP contribution is -2.14. The van der Waals surface area contributed by atoms with Crippen molar-refractivity contribution in [2.75, 3.05) is 11.9 Å². The number of esters is 2. The van der Waals surface area contributed by atoms with Crippen molar-refractivity contribution in [2.45, 2.75) is 40.2 Å². The zero-order valence-corrected chi connectivity index (χ0v) is 16.2. The van der Waals surface area contributed by atoms with E-state index in [-0.39, 0.29) is 34.2 Å². The van der Waals surface area contributed by atoms with Crippen molar-refractivity contribution in [3.63, 3.8) is 0 Å². The summed E-state index contributed by atoms with van der Waals surface area (Å²) in [5.41, 5.74) is 1.29. The normalized spacial score (nSPS) is 11.2. The molecule has 0 bridgehead atoms. The highest BCUT2D eigenvalue weighted by Gasteiger charge is 2.14. The number of benzene rings is 1. The number of rotatable bonds is 6. The van der Waals surface area contributed by atoms with Crippen LogP contribution in [0.1, 0.15) is 44.5 Å². The van der Waals surface area contributed by atoms with Gasteiger partial charge in [-0.05, 0) is 58.1 Å². The van der Waals surface area contributed by atoms with Gasteiger partial charge in [-0.3, -0.25) is 4.79 Å². The third-order valence-electron chi connectivity index (χ3n) is 2.78. The highest BCUT2D eigenvalue weighted by atomic mass is 35.5. The van der Waals surface area contributed by atoms with E-state index in [0.29, 0.717) is 18.0 Å². The van der Waals surface area contributed by atoms with Gasteiger partial charge in [0.2, 0.25) is 0 Å². The molecule has 1 rings (SSSR count). The molecular weight excluding hydrogens is 364 g/mol. The van der Waals surface area contributed by atoms with E-state index in [1.807, 2.05) is 0 Å². The zero-order valence-electron chi connectivity index (χ0n) is 14.6. The van der Waals surface area contributed by atoms with Gasteiger partial charge in [-0.1, -0.05) is 11.6 Å². The Kier molecular flexibility index (Phi) is 8.51. The molecule has 0 fully saturated rings. The molecule has 0 radical (unpaired) electrons. The Morgan fingerprint density at radius 3 is 2.64 bits per heavy atom. The van der Waals surface area contributed by atoms with Crippen molar-refractivity contribution in [3.05, 3.63) is 28.8 Å². The predicted molar refractivity (Wildman–Crippen MR) is 103 cm³/mol. The van der Waals surface area contributed by atoms with Crippen molar-refractivity contribution in [2.24, 2.45) is 4.99 Å². The maximum absolute atomic E-state index is 12.0. The molecule has 0 aliphatic heterocycles. The Balaban J connectivity index is 2.81. The van der Waals surface area contributed by atoms with E-state index in [2.05, 4.69) is 10.3 Å². The summed E-state index contributed by atoms with van der Waals surface area (Å²) in [6, 6.07) is 4.77. The molecule has 0 unspecified atom stereocenters. The summed E-state index contributed by atoms with van der Waals surface area (Å²) in [4.78, 5) is 27.6. The molecule has 0 heterocycles. The van der Waals surface area contributed by atoms with Crippen molar-refractivity contribution in [3.8, 4) is 0 Å². The van der Waals surface area contributed by atoms with Gasteiger partial charge in [-0.2, -0.15) is 0 Å². The summed E-state index contributed by atoms with van der Waals surface area (Å²) < 4.78 is 10.00. The van der Waals surface area contributed by atoms with Gasteiger partial charge in [-0.25, -0.2) is 9.79 Å². The van der Waals surface area contributed by atoms with Crippen LogP contribution in [0.2, 0.25) is 5.02 Å². The van der Waals surface area contributed by atoms with E-state index in [4.69, 9.17) is 33.3 Å². The second-order valence-electron chi connectivity index (χ2n) is 5.41. The number of ether oxygens (including phenoxy) is 2. The first kappa shape index (κ1) is 21.1. The van der Waals surface area contributed by atoms with Crippen LogP contribution < -0.4 is 5.32 Å². The molecule has 0 saturated heterocycles. The van der Waals surface area contributed by atoms with Gasteiger partial charge < -0.3 is 14.8 Å². The molecule has 6 nitrogen and oxygen atoms in total. The van der Waals surface area contributed by atoms with E-state index in [1.54, 1.807) is 39.8 Å². The Labute approximate surface area is 157 Å². The summed E-state index contributed by atoms with van der Waals surface area (Å²) in [5.74, 6) is -0.881. The zero-order chi connectivity index (χ0) is 19.0. The van der Waals surface area contributed by atoms with Crippen molar-refractivity contribution in [1.82, 2.24) is 0 Å². The molecule has 0 amide bonds. The first-order chi connectivity index (χ1) is 11.7. The first-order valence-electron chi connectivity index (χ1n) is 7.74. The number of anilines is 1. The fraction of sp³-hybridized carbons (Fsp3) is 0.412. The third kappa shape index (κ3) is 7.62. The molecule has 0 aliphatic carbocycles. The largest absolute Gasteiger partial charge is 0.466 e. The third-order valence-corrected chi connectivity index (χ3v) is 3.30. The monoisotopic (exact) mass is 384 g/mol. The predicted octanol–water partition coefficient (Wildman–Crippen LogP) is 4.02. The molecule has 0 spiro atoms. The average Bonchev–Trinajstić information content (AvgIpc) is 2.48. The summed E-state index contributed by atoms with van der Waals surface area (Å²) >= 11 is 11.2. The highest BCUT2D eigenvalue weighted by molar-refractivity contribution is 7.80. The molecule has 0 aromatic heterocycles. The molecular formula is C17H21ClN2O4S. The van der Waals surface area contributed by atoms with Crippen LogP contribution >= 0.6 is 23.8 Å². The Hall–Kier alpha value is -1.99. The quantitative estimate of drug-likeness (QED) is 0.453. The smallest absolute Gasteiger partial charge is 0.339 e. The topological polar surface area (TPSA) is 77.0 Å². The van der Waals surface area contributed by atoms with E-state index in [9.17, 15) is 9.59 Å². The summed E-state index contributed by atoms with van der Waals surface area (Å²) in [7, 11) is 0. The number of thiocarbonyl (C=S) groups is 1. The van der Waals surface area contributed by atoms with Crippen LogP contribution in [0.5, 0.6) is 0 Å². The lowest BCUT2D eigenvalue weighted by atomic mass is 10.2. The SMILES string of the molecule is CCOC(=O)CC(C)=NC(=S)Nc1ccc(Cl)c(C(=O)OC(C)C)c1. The fourth-order valence-corrected chi connectivity index (χ4v) is 2.29. The van der Waals surface area contributed by atoms with Crippen LogP contribution in [0.4, 0.5) is 5.69 Å². The second kappa shape index (κ2) is 10.1. The maximum atomic E-state index is 12.0. The van der Waals surface area contributed by atoms with Crippen molar-refractivity contribution in [1.29, 1.82) is 0 Å². The molecule has 8 heteroatoms. The van der Waals surface area contributed by atoms with E-state index in [1.165, 1.54) is 6.07 Å². The van der Waals surface area contributed by atoms with Crippen LogP contribution in [0.25, 0.3) is 0 Å². The number of nitrogens with zero attached hydrogens (tertiary/aromatic N) is 1. The molecule has 0 atom stereocenters. The molecule has 1 N–H and O–H groups in total. The Morgan fingerprint density at radius 1 is 1.36 bits per heavy atom. The number of halogens is 1. The van der Waals surface area contributed by atoms with Gasteiger partial charge in [0.1, 0.15) is 0 Å². The summed E-state index contributed by atoms with van der Waals surface area (Å²) in [6.07, 6.45) is -0.196. The number of hydrogen-bond donors (Lipinski definition) is 1. The molecule has 136 valence electrons. The lowest BCUT2D eigenvalue weighted by molar-refractivity contribution is -0.141. The number of carbonyl (C=O) groups is 2. The lowest BCUT2D eigenvalue weighted by Gasteiger charge is -2.11. The van der Waals surface area contributed by atoms with Crippen LogP contribution in [0.15, 0.2) is 23.2 Å². The number of nitrogens with one attached hydrogen (secondary N) is 1. The Bertz CT molecular complexity index is 689. The summed E-state index contributed by atoms with van der Waals surface area (Å²) in [6.45, 7) is 7.24. The van der Waals surface area contributed by atoms with E-state index >= 15 is 0 Å². The fourth-order valence-electron chi connectivity index (χ4n) is 1.82. The standard InChI is InChI=1S/C17H21ClN2O4S/c1-5-23-15(21)8-11(4)19-17(25)20-12-6-7-14(18)13(9-12)16(22)24-10(2)3/h6-7,9-10H,5,8H2,1-4H3,(H,20,25). The second-order valence-corrected chi connectivity index (χ2v) is 6.20. The minimum Gasteiger partial charge on any atom is -0.466 e. The molecule has 0 saturated carbocycles. The van der Waals surface area contributed by atoms with Gasteiger partial charge in [0.15, 0.2) is 5.11 Å². The van der Waals surface area contributed by atoms with Gasteiger partial charge in [0.05, 0.1) is 29.7 Å². The summed E-state index contributed by atoms with van der Waals surface area (Å²) in [5, 5.41) is 3.32. The first-order valence-corrected chi connectivity index (χ1v) is 8.52. The van der Waals surface area contributed by atoms with Crippen LogP contribution in [0, 0.1) is 0 Å². The molecule has 1 aromatic rings. The minimum atomic E-state index is -0.517. The molecule has 0 aliphatic rings. The highest BCUT2D eigenvalue weighted by Crippen LogP contribution is 2.22. The van der Waals surface area contributed by atoms with Gasteiger partial charge in [0.25, 0.3) is 0 Å². The van der Waals surface area contributed by atoms with Crippen LogP contribution in [-0.4, -0.2) is 35.5 Å². The number of carbonyl (C=O) groups excluding carboxylic acids is 2. The van der Waals surface area contributed by atoms with Crippen LogP contribution in [0.3, 0.4) is 0 Å². The van der Waals surface area contributed by atoms with Gasteiger partial charge >= 0.3 is 11.9 Å². The maximum Gasteiger partial charge on any atom is 0.339 e. The van der Waals surface area contributed by atoms with E-state index < -0.39 is 5.97 Å². The van der Waals surface area contributed by atoms with E-state index in [0.717, 1.165) is 0 Å². The number of aliphatic imine (C=N–C) groups is 1. The average molecular weight is 385 g/mol. The van der Waals surface area contributed by atoms with Crippen molar-refractivity contribution < 1.29 is 19.1 Å². The van der Waals surface area contributed by atoms with Crippen molar-refractivity contribution >= 4 is 52.3 Å². The minimum absolute atomic E-state index is 0.0578. The molecule has 25 heavy (non-hydrogen) atoms. The van der Waals surface area contributed by atoms with Gasteiger partial charge in [0, 0.05) is 11.4 Å². The Morgan fingerprint density at radius 2 is 2.04 bits per heavy atom. The number of hydrogen-bond acceptors (Lipinski definition) is 5.